The van der Waals surface area contributed by atoms with E-state index in [9.17, 15) is 0 Å². The van der Waals surface area contributed by atoms with Crippen LogP contribution in [-0.4, -0.2) is 35.7 Å². The Kier molecular flexibility index (Phi) is 2.69. The fourth-order valence-electron chi connectivity index (χ4n) is 1.62. The summed E-state index contributed by atoms with van der Waals surface area (Å²) in [5.41, 5.74) is 0. The highest BCUT2D eigenvalue weighted by Crippen LogP contribution is 2.23. The van der Waals surface area contributed by atoms with Gasteiger partial charge in [0.25, 0.3) is 0 Å². The lowest BCUT2D eigenvalue weighted by molar-refractivity contribution is 0.0396. The first-order valence-corrected chi connectivity index (χ1v) is 4.10. The molecule has 2 heteroatoms. The van der Waals surface area contributed by atoms with Crippen LogP contribution in [-0.2, 0) is 0 Å². The molecule has 2 nitrogen and oxygen atoms in total. The van der Waals surface area contributed by atoms with E-state index >= 15 is 0 Å². The fraction of sp³-hybridized carbons (Fsp3) is 1.00. The molecule has 10 heavy (non-hydrogen) atoms. The monoisotopic (exact) mass is 143 g/mol. The molecule has 1 fully saturated rings. The zero-order valence-corrected chi connectivity index (χ0v) is 6.88. The van der Waals surface area contributed by atoms with Gasteiger partial charge < -0.3 is 5.11 Å². The number of aliphatic hydroxyl groups excluding tert-OH is 1. The third kappa shape index (κ3) is 1.50. The van der Waals surface area contributed by atoms with Crippen LogP contribution >= 0.6 is 0 Å². The Hall–Kier alpha value is -0.0800. The average Bonchev–Trinajstić information content (AvgIpc) is 1.78. The lowest BCUT2D eigenvalue weighted by atomic mass is 9.92. The summed E-state index contributed by atoms with van der Waals surface area (Å²) in [4.78, 5) is 2.35. The van der Waals surface area contributed by atoms with Gasteiger partial charge in [0.1, 0.15) is 0 Å². The van der Waals surface area contributed by atoms with E-state index in [1.165, 1.54) is 13.0 Å². The van der Waals surface area contributed by atoms with Crippen molar-refractivity contribution < 1.29 is 5.11 Å². The van der Waals surface area contributed by atoms with Gasteiger partial charge in [-0.05, 0) is 12.3 Å². The molecule has 0 spiro atoms. The van der Waals surface area contributed by atoms with Crippen molar-refractivity contribution >= 4 is 0 Å². The Morgan fingerprint density at radius 1 is 1.60 bits per heavy atom. The lowest BCUT2D eigenvalue weighted by Gasteiger charge is -2.43. The second-order valence-corrected chi connectivity index (χ2v) is 3.36. The first-order valence-electron chi connectivity index (χ1n) is 4.10. The summed E-state index contributed by atoms with van der Waals surface area (Å²) in [5.74, 6) is 0.750. The molecular weight excluding hydrogens is 126 g/mol. The summed E-state index contributed by atoms with van der Waals surface area (Å²) in [6, 6.07) is 0.743. The molecule has 1 aliphatic heterocycles. The Bertz CT molecular complexity index is 103. The van der Waals surface area contributed by atoms with Gasteiger partial charge in [-0.25, -0.2) is 0 Å². The molecule has 1 aliphatic rings. The molecule has 1 atom stereocenters. The van der Waals surface area contributed by atoms with Crippen molar-refractivity contribution in [1.29, 1.82) is 0 Å². The van der Waals surface area contributed by atoms with Crippen LogP contribution in [0.1, 0.15) is 20.3 Å². The van der Waals surface area contributed by atoms with E-state index in [0.717, 1.165) is 18.5 Å². The van der Waals surface area contributed by atoms with Crippen molar-refractivity contribution in [3.63, 3.8) is 0 Å². The molecule has 0 aromatic heterocycles. The first kappa shape index (κ1) is 8.02. The van der Waals surface area contributed by atoms with E-state index in [1.807, 2.05) is 0 Å². The summed E-state index contributed by atoms with van der Waals surface area (Å²) >= 11 is 0. The van der Waals surface area contributed by atoms with Crippen LogP contribution in [0.5, 0.6) is 0 Å². The number of aliphatic hydroxyl groups is 1. The Balaban J connectivity index is 2.22. The summed E-state index contributed by atoms with van der Waals surface area (Å²) in [6.45, 7) is 6.85. The standard InChI is InChI=1S/C8H17NO/c1-7(2)8-3-4-9(8)5-6-10/h7-8,10H,3-6H2,1-2H3. The quantitative estimate of drug-likeness (QED) is 0.629. The highest BCUT2D eigenvalue weighted by molar-refractivity contribution is 4.84. The van der Waals surface area contributed by atoms with E-state index in [0.29, 0.717) is 6.61 Å². The Morgan fingerprint density at radius 2 is 2.30 bits per heavy atom. The summed E-state index contributed by atoms with van der Waals surface area (Å²) in [6.07, 6.45) is 1.32. The van der Waals surface area contributed by atoms with Gasteiger partial charge in [-0.15, -0.1) is 0 Å². The van der Waals surface area contributed by atoms with Gasteiger partial charge >= 0.3 is 0 Å². The largest absolute Gasteiger partial charge is 0.395 e. The number of nitrogens with zero attached hydrogens (tertiary/aromatic N) is 1. The zero-order valence-electron chi connectivity index (χ0n) is 6.88. The van der Waals surface area contributed by atoms with Gasteiger partial charge in [-0.3, -0.25) is 4.90 Å². The van der Waals surface area contributed by atoms with Gasteiger partial charge in [-0.2, -0.15) is 0 Å². The van der Waals surface area contributed by atoms with Crippen molar-refractivity contribution in [3.05, 3.63) is 0 Å². The average molecular weight is 143 g/mol. The number of β-amino-alcohol motifs (C(OH)–C–C–N with tert-alkyl or cyclic N) is 1. The summed E-state index contributed by atoms with van der Waals surface area (Å²) in [5, 5.41) is 8.66. The van der Waals surface area contributed by atoms with E-state index in [1.54, 1.807) is 0 Å². The smallest absolute Gasteiger partial charge is 0.0558 e. The minimum absolute atomic E-state index is 0.309. The Labute approximate surface area is 62.8 Å². The van der Waals surface area contributed by atoms with E-state index in [4.69, 9.17) is 5.11 Å². The third-order valence-corrected chi connectivity index (χ3v) is 2.34. The van der Waals surface area contributed by atoms with Crippen molar-refractivity contribution in [2.75, 3.05) is 19.7 Å². The molecular formula is C8H17NO. The molecule has 0 bridgehead atoms. The second kappa shape index (κ2) is 3.35. The molecule has 0 aromatic carbocycles. The van der Waals surface area contributed by atoms with Gasteiger partial charge in [0.15, 0.2) is 0 Å². The predicted octanol–water partition coefficient (Wildman–Crippen LogP) is 0.709. The second-order valence-electron chi connectivity index (χ2n) is 3.36. The molecule has 1 unspecified atom stereocenters. The van der Waals surface area contributed by atoms with E-state index in [-0.39, 0.29) is 0 Å². The maximum absolute atomic E-state index is 8.66. The summed E-state index contributed by atoms with van der Waals surface area (Å²) < 4.78 is 0. The molecule has 1 N–H and O–H groups in total. The molecule has 1 rings (SSSR count). The van der Waals surface area contributed by atoms with Crippen LogP contribution in [0.3, 0.4) is 0 Å². The van der Waals surface area contributed by atoms with Crippen LogP contribution in [0, 0.1) is 5.92 Å². The van der Waals surface area contributed by atoms with Crippen molar-refractivity contribution in [2.24, 2.45) is 5.92 Å². The topological polar surface area (TPSA) is 23.5 Å². The minimum atomic E-state index is 0.309. The number of hydrogen-bond acceptors (Lipinski definition) is 2. The minimum Gasteiger partial charge on any atom is -0.395 e. The van der Waals surface area contributed by atoms with Crippen LogP contribution < -0.4 is 0 Å². The maximum atomic E-state index is 8.66. The van der Waals surface area contributed by atoms with Crippen LogP contribution in [0.25, 0.3) is 0 Å². The normalized spacial score (nSPS) is 27.0. The number of likely N-dealkylation sites (tertiary alicyclic amines) is 1. The number of hydrogen-bond donors (Lipinski definition) is 1. The highest BCUT2D eigenvalue weighted by atomic mass is 16.3. The molecule has 1 saturated heterocycles. The lowest BCUT2D eigenvalue weighted by Crippen LogP contribution is -2.51. The molecule has 1 heterocycles. The molecule has 0 aromatic rings. The third-order valence-electron chi connectivity index (χ3n) is 2.34. The van der Waals surface area contributed by atoms with Crippen molar-refractivity contribution in [3.8, 4) is 0 Å². The van der Waals surface area contributed by atoms with Crippen LogP contribution in [0.2, 0.25) is 0 Å². The first-order chi connectivity index (χ1) is 4.75. The van der Waals surface area contributed by atoms with Gasteiger partial charge in [0, 0.05) is 19.1 Å². The molecule has 0 saturated carbocycles. The predicted molar refractivity (Wildman–Crippen MR) is 41.9 cm³/mol. The Morgan fingerprint density at radius 3 is 2.60 bits per heavy atom. The van der Waals surface area contributed by atoms with Gasteiger partial charge in [-0.1, -0.05) is 13.8 Å². The molecule has 0 radical (unpaired) electrons. The van der Waals surface area contributed by atoms with Gasteiger partial charge in [0.05, 0.1) is 6.61 Å². The SMILES string of the molecule is CC(C)C1CCN1CCO. The summed E-state index contributed by atoms with van der Waals surface area (Å²) in [7, 11) is 0. The fourth-order valence-corrected chi connectivity index (χ4v) is 1.62. The van der Waals surface area contributed by atoms with E-state index < -0.39 is 0 Å². The van der Waals surface area contributed by atoms with E-state index in [2.05, 4.69) is 18.7 Å². The maximum Gasteiger partial charge on any atom is 0.0558 e. The highest BCUT2D eigenvalue weighted by Gasteiger charge is 2.29. The van der Waals surface area contributed by atoms with Crippen molar-refractivity contribution in [1.82, 2.24) is 4.90 Å². The molecule has 0 aliphatic carbocycles. The van der Waals surface area contributed by atoms with Crippen molar-refractivity contribution in [2.45, 2.75) is 26.3 Å². The molecule has 0 amide bonds. The van der Waals surface area contributed by atoms with Crippen LogP contribution in [0.4, 0.5) is 0 Å². The van der Waals surface area contributed by atoms with Gasteiger partial charge in [0.2, 0.25) is 0 Å². The zero-order chi connectivity index (χ0) is 7.56. The number of rotatable bonds is 3. The molecule has 60 valence electrons. The van der Waals surface area contributed by atoms with Crippen LogP contribution in [0.15, 0.2) is 0 Å².